The van der Waals surface area contributed by atoms with Crippen LogP contribution in [0.4, 0.5) is 11.4 Å². The Morgan fingerprint density at radius 1 is 0.757 bits per heavy atom. The average Bonchev–Trinajstić information content (AvgIpc) is 3.78. The number of piperidine rings is 1. The second kappa shape index (κ2) is 26.8. The predicted octanol–water partition coefficient (Wildman–Crippen LogP) is 6.55. The third-order valence-electron chi connectivity index (χ3n) is 13.6. The Kier molecular flexibility index (Phi) is 20.1. The van der Waals surface area contributed by atoms with Gasteiger partial charge in [0.2, 0.25) is 5.91 Å². The molecule has 4 aromatic rings. The van der Waals surface area contributed by atoms with Crippen molar-refractivity contribution in [3.8, 4) is 11.3 Å². The Hall–Kier alpha value is -6.24. The first kappa shape index (κ1) is 55.5. The van der Waals surface area contributed by atoms with E-state index in [-0.39, 0.29) is 61.3 Å². The van der Waals surface area contributed by atoms with Gasteiger partial charge < -0.3 is 49.4 Å². The van der Waals surface area contributed by atoms with Crippen LogP contribution < -0.4 is 15.5 Å². The van der Waals surface area contributed by atoms with Crippen LogP contribution in [0.1, 0.15) is 114 Å². The van der Waals surface area contributed by atoms with Crippen molar-refractivity contribution in [2.75, 3.05) is 103 Å². The average molecular weight is 1020 g/mol. The van der Waals surface area contributed by atoms with Crippen LogP contribution in [0.15, 0.2) is 85.1 Å². The van der Waals surface area contributed by atoms with Gasteiger partial charge in [-0.15, -0.1) is 0 Å². The molecule has 2 saturated heterocycles. The molecule has 1 aliphatic carbocycles. The van der Waals surface area contributed by atoms with Gasteiger partial charge in [-0.2, -0.15) is 0 Å². The quantitative estimate of drug-likeness (QED) is 0.0536. The van der Waals surface area contributed by atoms with Crippen molar-refractivity contribution >= 4 is 41.0 Å². The summed E-state index contributed by atoms with van der Waals surface area (Å²) in [4.78, 5) is 79.2. The molecular weight excluding hydrogens is 943 g/mol. The normalized spacial score (nSPS) is 17.8. The highest BCUT2D eigenvalue weighted by Crippen LogP contribution is 2.34. The van der Waals surface area contributed by atoms with E-state index in [4.69, 9.17) is 23.9 Å². The second-order valence-electron chi connectivity index (χ2n) is 20.4. The molecule has 3 atom stereocenters. The Labute approximate surface area is 435 Å². The number of amides is 4. The minimum Gasteiger partial charge on any atom is -0.460 e. The number of likely N-dealkylation sites (N-methyl/N-ethyl adjacent to an activating group) is 2. The summed E-state index contributed by atoms with van der Waals surface area (Å²) >= 11 is 0. The summed E-state index contributed by atoms with van der Waals surface area (Å²) in [6.45, 7) is 10.5. The van der Waals surface area contributed by atoms with Crippen molar-refractivity contribution in [1.29, 1.82) is 0 Å². The predicted molar refractivity (Wildman–Crippen MR) is 283 cm³/mol. The first-order chi connectivity index (χ1) is 35.6. The number of fused-ring (bicyclic) bond motifs is 1. The summed E-state index contributed by atoms with van der Waals surface area (Å²) in [5.74, 6) is -1.35. The third-order valence-corrected chi connectivity index (χ3v) is 13.6. The second-order valence-corrected chi connectivity index (χ2v) is 20.4. The Balaban J connectivity index is 0.905. The number of benzene rings is 3. The zero-order valence-electron chi connectivity index (χ0n) is 43.8. The van der Waals surface area contributed by atoms with Crippen molar-refractivity contribution in [2.45, 2.75) is 95.9 Å². The third kappa shape index (κ3) is 15.9. The molecule has 0 bridgehead atoms. The van der Waals surface area contributed by atoms with E-state index in [1.54, 1.807) is 66.5 Å². The molecule has 0 radical (unpaired) electrons. The summed E-state index contributed by atoms with van der Waals surface area (Å²) < 4.78 is 21.9. The largest absolute Gasteiger partial charge is 0.460 e. The van der Waals surface area contributed by atoms with Crippen LogP contribution in [0.25, 0.3) is 11.3 Å². The number of β-amino-alcohol motifs (C(OH)–C–C–N with tert-alkyl or cyclic N) is 1. The number of aliphatic hydroxyl groups excluding tert-OH is 1. The number of rotatable bonds is 23. The van der Waals surface area contributed by atoms with Crippen molar-refractivity contribution < 1.29 is 48.0 Å². The molecular formula is C57H75N7O10. The highest BCUT2D eigenvalue weighted by atomic mass is 16.6. The molecule has 1 aromatic heterocycles. The maximum absolute atomic E-state index is 14.1. The molecule has 17 heteroatoms. The van der Waals surface area contributed by atoms with E-state index in [1.807, 2.05) is 56.0 Å². The van der Waals surface area contributed by atoms with Gasteiger partial charge in [0, 0.05) is 87.5 Å². The van der Waals surface area contributed by atoms with Crippen LogP contribution >= 0.6 is 0 Å². The van der Waals surface area contributed by atoms with E-state index in [9.17, 15) is 29.1 Å². The summed E-state index contributed by atoms with van der Waals surface area (Å²) in [7, 11) is 3.38. The number of likely N-dealkylation sites (tertiary alicyclic amines) is 1. The van der Waals surface area contributed by atoms with Gasteiger partial charge in [-0.05, 0) is 125 Å². The van der Waals surface area contributed by atoms with Gasteiger partial charge in [0.1, 0.15) is 5.60 Å². The van der Waals surface area contributed by atoms with Gasteiger partial charge >= 0.3 is 5.97 Å². The zero-order valence-corrected chi connectivity index (χ0v) is 43.8. The Morgan fingerprint density at radius 3 is 2.24 bits per heavy atom. The molecule has 3 unspecified atom stereocenters. The fraction of sp³-hybridized carbons (Fsp3) is 0.509. The van der Waals surface area contributed by atoms with Crippen molar-refractivity contribution in [3.05, 3.63) is 113 Å². The maximum atomic E-state index is 14.1. The molecule has 3 N–H and O–H groups in total. The number of ether oxygens (including phenoxy) is 4. The van der Waals surface area contributed by atoms with Gasteiger partial charge in [-0.1, -0.05) is 30.3 Å². The smallest absolute Gasteiger partial charge is 0.308 e. The molecule has 17 nitrogen and oxygen atoms in total. The van der Waals surface area contributed by atoms with Crippen LogP contribution in [0.2, 0.25) is 0 Å². The number of esters is 1. The number of hydrogen-bond donors (Lipinski definition) is 3. The minimum atomic E-state index is -0.686. The molecule has 7 rings (SSSR count). The summed E-state index contributed by atoms with van der Waals surface area (Å²) in [6, 6.07) is 23.6. The fourth-order valence-electron chi connectivity index (χ4n) is 9.69. The lowest BCUT2D eigenvalue weighted by molar-refractivity contribution is -0.156. The number of hydrogen-bond acceptors (Lipinski definition) is 13. The van der Waals surface area contributed by atoms with E-state index in [0.29, 0.717) is 80.7 Å². The van der Waals surface area contributed by atoms with Crippen molar-refractivity contribution in [3.63, 3.8) is 0 Å². The van der Waals surface area contributed by atoms with Gasteiger partial charge in [-0.3, -0.25) is 33.9 Å². The first-order valence-electron chi connectivity index (χ1n) is 26.2. The van der Waals surface area contributed by atoms with Gasteiger partial charge in [0.25, 0.3) is 17.7 Å². The number of nitrogens with zero attached hydrogens (tertiary/aromatic N) is 5. The lowest BCUT2D eigenvalue weighted by atomic mass is 9.87. The fourth-order valence-corrected chi connectivity index (χ4v) is 9.69. The molecule has 0 saturated carbocycles. The monoisotopic (exact) mass is 1020 g/mol. The summed E-state index contributed by atoms with van der Waals surface area (Å²) in [5, 5.41) is 17.0. The molecule has 3 aliphatic rings. The summed E-state index contributed by atoms with van der Waals surface area (Å²) in [6.07, 6.45) is 7.61. The zero-order chi connectivity index (χ0) is 52.6. The van der Waals surface area contributed by atoms with Crippen molar-refractivity contribution in [1.82, 2.24) is 25.0 Å². The molecule has 2 aliphatic heterocycles. The molecule has 3 aromatic carbocycles. The Bertz CT molecular complexity index is 2540. The number of nitrogens with one attached hydrogen (secondary N) is 2. The van der Waals surface area contributed by atoms with Crippen LogP contribution in [0.3, 0.4) is 0 Å². The number of aromatic nitrogens is 1. The van der Waals surface area contributed by atoms with E-state index in [0.717, 1.165) is 56.4 Å². The number of anilines is 2. The van der Waals surface area contributed by atoms with Crippen LogP contribution in [0, 0.1) is 0 Å². The van der Waals surface area contributed by atoms with Crippen LogP contribution in [-0.4, -0.2) is 165 Å². The van der Waals surface area contributed by atoms with Gasteiger partial charge in [0.05, 0.1) is 75.6 Å². The number of carbonyl (C=O) groups is 5. The molecule has 398 valence electrons. The topological polar surface area (TPSA) is 192 Å². The minimum absolute atomic E-state index is 0.0840. The van der Waals surface area contributed by atoms with E-state index in [2.05, 4.69) is 27.7 Å². The van der Waals surface area contributed by atoms with Gasteiger partial charge in [-0.25, -0.2) is 0 Å². The maximum Gasteiger partial charge on any atom is 0.308 e. The van der Waals surface area contributed by atoms with E-state index < -0.39 is 23.7 Å². The van der Waals surface area contributed by atoms with Crippen molar-refractivity contribution in [2.24, 2.45) is 0 Å². The van der Waals surface area contributed by atoms with E-state index >= 15 is 0 Å². The van der Waals surface area contributed by atoms with E-state index in [1.165, 1.54) is 12.0 Å². The number of pyridine rings is 1. The number of aryl methyl sites for hydroxylation is 1. The number of carbonyl (C=O) groups excluding carboxylic acids is 5. The lowest BCUT2D eigenvalue weighted by Gasteiger charge is -2.29. The van der Waals surface area contributed by atoms with Gasteiger partial charge in [0.15, 0.2) is 0 Å². The molecule has 4 amide bonds. The Morgan fingerprint density at radius 2 is 1.47 bits per heavy atom. The van der Waals surface area contributed by atoms with Crippen LogP contribution in [0.5, 0.6) is 0 Å². The SMILES string of the molecule is CN(CCN1CC(O)CC1C(=O)N(C)CCOCCOCCOCCC(=O)OC(C)(C)C)C(=O)c1cccc(C(=O)Nc2ccc(N3CCCCC3)cc2-c2cc(C(=O)NC3CCCc4ccccc43)ccn2)c1. The molecule has 74 heavy (non-hydrogen) atoms. The van der Waals surface area contributed by atoms with Crippen LogP contribution in [-0.2, 0) is 35.0 Å². The first-order valence-corrected chi connectivity index (χ1v) is 26.2. The molecule has 0 spiro atoms. The highest BCUT2D eigenvalue weighted by Gasteiger charge is 2.37. The standard InChI is InChI=1S/C57H75N7O10/c1-57(2,3)74-52(66)22-29-71-31-33-73-34-32-72-30-28-62(5)56(70)51-38-45(65)39-64(51)27-26-61(4)55(69)43-16-11-15-41(35-43)53(67)60-49-20-19-44(63-24-9-6-10-25-63)37-47(49)50-36-42(21-23-58-50)54(68)59-48-18-12-14-40-13-7-8-17-46(40)48/h7-8,11,13,15-17,19-21,23,35-37,45,48,51,65H,6,9-10,12,14,18,22,24-34,38-39H2,1-5H3,(H,59,68)(H,60,67). The molecule has 3 heterocycles. The lowest BCUT2D eigenvalue weighted by Crippen LogP contribution is -2.47. The highest BCUT2D eigenvalue weighted by molar-refractivity contribution is 6.08. The number of aliphatic hydroxyl groups is 1. The summed E-state index contributed by atoms with van der Waals surface area (Å²) in [5.41, 5.74) is 5.71. The molecule has 2 fully saturated rings.